The summed E-state index contributed by atoms with van der Waals surface area (Å²) in [4.78, 5) is 0. The lowest BCUT2D eigenvalue weighted by Crippen LogP contribution is -2.24. The molecular weight excluding hydrogens is 246 g/mol. The minimum absolute atomic E-state index is 0.130. The lowest BCUT2D eigenvalue weighted by Gasteiger charge is -2.20. The van der Waals surface area contributed by atoms with Crippen LogP contribution in [0.25, 0.3) is 0 Å². The number of benzene rings is 1. The molecule has 0 aromatic heterocycles. The van der Waals surface area contributed by atoms with Crippen molar-refractivity contribution in [3.63, 3.8) is 0 Å². The van der Waals surface area contributed by atoms with Gasteiger partial charge in [-0.15, -0.1) is 0 Å². The average Bonchev–Trinajstić information content (AvgIpc) is 2.88. The Morgan fingerprint density at radius 2 is 2.28 bits per heavy atom. The fourth-order valence-corrected chi connectivity index (χ4v) is 2.29. The highest BCUT2D eigenvalue weighted by Crippen LogP contribution is 2.29. The van der Waals surface area contributed by atoms with E-state index in [1.54, 1.807) is 0 Å². The van der Waals surface area contributed by atoms with Gasteiger partial charge in [0.1, 0.15) is 5.76 Å². The number of hydrogen-bond donors (Lipinski definition) is 1. The summed E-state index contributed by atoms with van der Waals surface area (Å²) in [5.41, 5.74) is 2.28. The van der Waals surface area contributed by atoms with Crippen molar-refractivity contribution in [1.29, 1.82) is 0 Å². The molecule has 0 amide bonds. The molecule has 18 heavy (non-hydrogen) atoms. The van der Waals surface area contributed by atoms with Gasteiger partial charge in [0.25, 0.3) is 0 Å². The molecule has 1 aromatic carbocycles. The van der Waals surface area contributed by atoms with E-state index in [1.165, 1.54) is 5.56 Å². The lowest BCUT2D eigenvalue weighted by atomic mass is 10.0. The number of aryl methyl sites for hydroxylation is 1. The fraction of sp³-hybridized carbons (Fsp3) is 0.467. The van der Waals surface area contributed by atoms with E-state index >= 15 is 0 Å². The van der Waals surface area contributed by atoms with Gasteiger partial charge in [0, 0.05) is 11.4 Å². The zero-order valence-electron chi connectivity index (χ0n) is 11.0. The number of ether oxygens (including phenoxy) is 1. The van der Waals surface area contributed by atoms with E-state index < -0.39 is 0 Å². The van der Waals surface area contributed by atoms with Crippen LogP contribution in [-0.4, -0.2) is 13.2 Å². The molecule has 98 valence electrons. The normalized spacial score (nSPS) is 16.3. The van der Waals surface area contributed by atoms with Crippen LogP contribution in [0.5, 0.6) is 0 Å². The molecule has 0 saturated carbocycles. The van der Waals surface area contributed by atoms with Gasteiger partial charge in [-0.25, -0.2) is 0 Å². The molecular formula is C15H20ClNO. The summed E-state index contributed by atoms with van der Waals surface area (Å²) in [6, 6.07) is 6.35. The van der Waals surface area contributed by atoms with Gasteiger partial charge in [0.05, 0.1) is 12.6 Å². The molecule has 3 heteroatoms. The summed E-state index contributed by atoms with van der Waals surface area (Å²) < 4.78 is 5.69. The van der Waals surface area contributed by atoms with E-state index in [9.17, 15) is 0 Å². The first kappa shape index (κ1) is 13.4. The van der Waals surface area contributed by atoms with Crippen molar-refractivity contribution < 1.29 is 4.74 Å². The van der Waals surface area contributed by atoms with E-state index in [0.717, 1.165) is 42.3 Å². The third-order valence-corrected chi connectivity index (χ3v) is 3.55. The number of rotatable bonds is 5. The molecule has 0 aliphatic carbocycles. The van der Waals surface area contributed by atoms with Gasteiger partial charge in [-0.2, -0.15) is 0 Å². The summed E-state index contributed by atoms with van der Waals surface area (Å²) in [5.74, 6) is 1.03. The second-order valence-corrected chi connectivity index (χ2v) is 5.05. The number of nitrogens with one attached hydrogen (secondary N) is 1. The van der Waals surface area contributed by atoms with Gasteiger partial charge in [-0.3, -0.25) is 0 Å². The fourth-order valence-electron chi connectivity index (χ4n) is 2.10. The minimum atomic E-state index is 0.130. The summed E-state index contributed by atoms with van der Waals surface area (Å²) in [6.45, 7) is 5.94. The number of hydrogen-bond acceptors (Lipinski definition) is 2. The Bertz CT molecular complexity index is 442. The first-order valence-corrected chi connectivity index (χ1v) is 6.92. The van der Waals surface area contributed by atoms with Crippen molar-refractivity contribution in [2.75, 3.05) is 13.2 Å². The van der Waals surface area contributed by atoms with Crippen LogP contribution in [0.4, 0.5) is 0 Å². The van der Waals surface area contributed by atoms with Crippen molar-refractivity contribution in [3.05, 3.63) is 46.2 Å². The van der Waals surface area contributed by atoms with E-state index in [1.807, 2.05) is 13.0 Å². The van der Waals surface area contributed by atoms with Gasteiger partial charge < -0.3 is 10.1 Å². The Hall–Kier alpha value is -0.990. The molecule has 2 rings (SSSR count). The second-order valence-electron chi connectivity index (χ2n) is 4.64. The molecule has 1 N–H and O–H groups in total. The smallest absolute Gasteiger partial charge is 0.114 e. The molecule has 1 heterocycles. The monoisotopic (exact) mass is 265 g/mol. The first-order chi connectivity index (χ1) is 8.72. The van der Waals surface area contributed by atoms with Crippen molar-refractivity contribution in [1.82, 2.24) is 5.32 Å². The van der Waals surface area contributed by atoms with E-state index in [2.05, 4.69) is 30.4 Å². The van der Waals surface area contributed by atoms with Crippen LogP contribution in [0.2, 0.25) is 5.02 Å². The van der Waals surface area contributed by atoms with E-state index in [4.69, 9.17) is 16.3 Å². The molecule has 0 bridgehead atoms. The summed E-state index contributed by atoms with van der Waals surface area (Å²) in [7, 11) is 0. The standard InChI is InChI=1S/C15H20ClNO/c1-3-8-17-15(14-5-4-9-18-14)12-7-6-11(2)13(16)10-12/h5-7,10,15,17H,3-4,8-9H2,1-2H3. The largest absolute Gasteiger partial charge is 0.496 e. The van der Waals surface area contributed by atoms with Crippen molar-refractivity contribution in [3.8, 4) is 0 Å². The van der Waals surface area contributed by atoms with Crippen LogP contribution in [0, 0.1) is 6.92 Å². The average molecular weight is 266 g/mol. The quantitative estimate of drug-likeness (QED) is 0.869. The molecule has 1 aliphatic heterocycles. The molecule has 0 spiro atoms. The third kappa shape index (κ3) is 3.06. The molecule has 1 aliphatic rings. The molecule has 0 fully saturated rings. The maximum Gasteiger partial charge on any atom is 0.114 e. The Labute approximate surface area is 114 Å². The van der Waals surface area contributed by atoms with Crippen LogP contribution in [0.3, 0.4) is 0 Å². The first-order valence-electron chi connectivity index (χ1n) is 6.54. The molecule has 0 radical (unpaired) electrons. The van der Waals surface area contributed by atoms with Crippen molar-refractivity contribution >= 4 is 11.6 Å². The SMILES string of the molecule is CCCNC(C1=CCCO1)c1ccc(C)c(Cl)c1. The molecule has 1 unspecified atom stereocenters. The van der Waals surface area contributed by atoms with Crippen molar-refractivity contribution in [2.24, 2.45) is 0 Å². The highest BCUT2D eigenvalue weighted by molar-refractivity contribution is 6.31. The Kier molecular flexibility index (Phi) is 4.67. The second kappa shape index (κ2) is 6.26. The molecule has 2 nitrogen and oxygen atoms in total. The van der Waals surface area contributed by atoms with Gasteiger partial charge in [-0.05, 0) is 43.2 Å². The van der Waals surface area contributed by atoms with E-state index in [0.29, 0.717) is 0 Å². The third-order valence-electron chi connectivity index (χ3n) is 3.14. The Balaban J connectivity index is 2.23. The Morgan fingerprint density at radius 1 is 1.44 bits per heavy atom. The zero-order valence-corrected chi connectivity index (χ0v) is 11.8. The summed E-state index contributed by atoms with van der Waals surface area (Å²) in [5, 5.41) is 4.34. The summed E-state index contributed by atoms with van der Waals surface area (Å²) in [6.07, 6.45) is 4.27. The van der Waals surface area contributed by atoms with Crippen LogP contribution >= 0.6 is 11.6 Å². The van der Waals surface area contributed by atoms with Crippen LogP contribution < -0.4 is 5.32 Å². The Morgan fingerprint density at radius 3 is 2.89 bits per heavy atom. The van der Waals surface area contributed by atoms with Crippen LogP contribution in [0.15, 0.2) is 30.0 Å². The lowest BCUT2D eigenvalue weighted by molar-refractivity contribution is 0.215. The molecule has 0 saturated heterocycles. The topological polar surface area (TPSA) is 21.3 Å². The molecule has 1 aromatic rings. The van der Waals surface area contributed by atoms with Crippen LogP contribution in [0.1, 0.15) is 36.9 Å². The predicted octanol–water partition coefficient (Wildman–Crippen LogP) is 3.99. The van der Waals surface area contributed by atoms with E-state index in [-0.39, 0.29) is 6.04 Å². The van der Waals surface area contributed by atoms with Gasteiger partial charge in [0.15, 0.2) is 0 Å². The highest BCUT2D eigenvalue weighted by atomic mass is 35.5. The predicted molar refractivity (Wildman–Crippen MR) is 75.9 cm³/mol. The van der Waals surface area contributed by atoms with Crippen LogP contribution in [-0.2, 0) is 4.74 Å². The maximum atomic E-state index is 6.21. The van der Waals surface area contributed by atoms with Gasteiger partial charge in [-0.1, -0.05) is 30.7 Å². The summed E-state index contributed by atoms with van der Waals surface area (Å²) >= 11 is 6.21. The maximum absolute atomic E-state index is 6.21. The number of halogens is 1. The minimum Gasteiger partial charge on any atom is -0.496 e. The van der Waals surface area contributed by atoms with Gasteiger partial charge in [0.2, 0.25) is 0 Å². The highest BCUT2D eigenvalue weighted by Gasteiger charge is 2.20. The van der Waals surface area contributed by atoms with Gasteiger partial charge >= 0.3 is 0 Å². The molecule has 1 atom stereocenters. The van der Waals surface area contributed by atoms with Crippen molar-refractivity contribution in [2.45, 2.75) is 32.7 Å². The zero-order chi connectivity index (χ0) is 13.0.